The number of rotatable bonds is 5. The van der Waals surface area contributed by atoms with Crippen molar-refractivity contribution in [3.63, 3.8) is 0 Å². The third-order valence-corrected chi connectivity index (χ3v) is 2.01. The van der Waals surface area contributed by atoms with Crippen LogP contribution in [0.25, 0.3) is 0 Å². The summed E-state index contributed by atoms with van der Waals surface area (Å²) in [5, 5.41) is 12.3. The van der Waals surface area contributed by atoms with Crippen molar-refractivity contribution in [3.8, 4) is 6.07 Å². The van der Waals surface area contributed by atoms with Crippen LogP contribution in [0.5, 0.6) is 0 Å². The lowest BCUT2D eigenvalue weighted by atomic mass is 10.3. The molecule has 0 aliphatic heterocycles. The Balaban J connectivity index is 2.27. The van der Waals surface area contributed by atoms with Gasteiger partial charge in [0.2, 0.25) is 5.91 Å². The second-order valence-corrected chi connectivity index (χ2v) is 3.13. The molecule has 80 valence electrons. The predicted octanol–water partition coefficient (Wildman–Crippen LogP) is 0.0403. The number of carbonyl (C=O) groups excluding carboxylic acids is 1. The number of nitrogens with zero attached hydrogens (tertiary/aromatic N) is 5. The molecule has 6 heteroatoms. The monoisotopic (exact) mass is 207 g/mol. The molecule has 0 aliphatic carbocycles. The quantitative estimate of drug-likeness (QED) is 0.683. The smallest absolute Gasteiger partial charge is 0.224 e. The summed E-state index contributed by atoms with van der Waals surface area (Å²) in [5.41, 5.74) is 0. The van der Waals surface area contributed by atoms with Gasteiger partial charge in [-0.25, -0.2) is 4.98 Å². The number of carbonyl (C=O) groups is 1. The molecular weight excluding hydrogens is 194 g/mol. The average Bonchev–Trinajstić information content (AvgIpc) is 2.75. The van der Waals surface area contributed by atoms with Crippen LogP contribution in [-0.2, 0) is 11.3 Å². The molecule has 15 heavy (non-hydrogen) atoms. The summed E-state index contributed by atoms with van der Waals surface area (Å²) in [5.74, 6) is 0.0146. The van der Waals surface area contributed by atoms with E-state index in [0.717, 1.165) is 0 Å². The minimum atomic E-state index is 0.0146. The molecule has 1 amide bonds. The van der Waals surface area contributed by atoms with Gasteiger partial charge in [-0.15, -0.1) is 0 Å². The minimum absolute atomic E-state index is 0.0146. The van der Waals surface area contributed by atoms with Gasteiger partial charge in [0.1, 0.15) is 12.7 Å². The maximum atomic E-state index is 11.5. The largest absolute Gasteiger partial charge is 0.345 e. The Labute approximate surface area is 88.1 Å². The normalized spacial score (nSPS) is 9.60. The Hall–Kier alpha value is -1.90. The summed E-state index contributed by atoms with van der Waals surface area (Å²) in [6.45, 7) is 1.00. The molecule has 0 aromatic carbocycles. The van der Waals surface area contributed by atoms with Crippen molar-refractivity contribution in [1.82, 2.24) is 19.7 Å². The standard InChI is InChI=1S/C9H13N5O/c1-13(5-2-4-10)9(15)3-6-14-8-11-7-12-14/h7-8H,2-3,5-6H2,1H3. The fourth-order valence-electron chi connectivity index (χ4n) is 1.09. The molecule has 0 saturated heterocycles. The Kier molecular flexibility index (Phi) is 4.29. The van der Waals surface area contributed by atoms with E-state index in [1.165, 1.54) is 6.33 Å². The molecule has 1 aromatic rings. The molecule has 0 fully saturated rings. The van der Waals surface area contributed by atoms with Gasteiger partial charge in [-0.3, -0.25) is 9.48 Å². The molecule has 0 N–H and O–H groups in total. The number of amides is 1. The average molecular weight is 207 g/mol. The zero-order chi connectivity index (χ0) is 11.1. The van der Waals surface area contributed by atoms with E-state index in [-0.39, 0.29) is 5.91 Å². The van der Waals surface area contributed by atoms with Crippen molar-refractivity contribution in [3.05, 3.63) is 12.7 Å². The Bertz CT molecular complexity index is 340. The van der Waals surface area contributed by atoms with Gasteiger partial charge >= 0.3 is 0 Å². The highest BCUT2D eigenvalue weighted by molar-refractivity contribution is 5.75. The van der Waals surface area contributed by atoms with Gasteiger partial charge in [0.05, 0.1) is 19.0 Å². The SMILES string of the molecule is CN(CCC#N)C(=O)CCn1cncn1. The number of nitriles is 1. The Morgan fingerprint density at radius 3 is 3.07 bits per heavy atom. The van der Waals surface area contributed by atoms with Crippen LogP contribution in [0.4, 0.5) is 0 Å². The predicted molar refractivity (Wildman–Crippen MR) is 52.5 cm³/mol. The van der Waals surface area contributed by atoms with Crippen molar-refractivity contribution in [2.24, 2.45) is 0 Å². The molecule has 0 saturated carbocycles. The second-order valence-electron chi connectivity index (χ2n) is 3.13. The number of hydrogen-bond donors (Lipinski definition) is 0. The highest BCUT2D eigenvalue weighted by Gasteiger charge is 2.07. The Morgan fingerprint density at radius 2 is 2.47 bits per heavy atom. The number of aryl methyl sites for hydroxylation is 1. The lowest BCUT2D eigenvalue weighted by Gasteiger charge is -2.14. The summed E-state index contributed by atoms with van der Waals surface area (Å²) in [7, 11) is 1.70. The molecule has 0 unspecified atom stereocenters. The molecule has 0 aliphatic rings. The van der Waals surface area contributed by atoms with Crippen LogP contribution in [0.3, 0.4) is 0 Å². The van der Waals surface area contributed by atoms with E-state index in [4.69, 9.17) is 5.26 Å². The number of aromatic nitrogens is 3. The summed E-state index contributed by atoms with van der Waals surface area (Å²) in [6, 6.07) is 2.00. The zero-order valence-electron chi connectivity index (χ0n) is 8.63. The second kappa shape index (κ2) is 5.75. The highest BCUT2D eigenvalue weighted by Crippen LogP contribution is 1.95. The fraction of sp³-hybridized carbons (Fsp3) is 0.556. The third kappa shape index (κ3) is 3.77. The molecular formula is C9H13N5O. The van der Waals surface area contributed by atoms with Crippen molar-refractivity contribution in [1.29, 1.82) is 5.26 Å². The molecule has 0 atom stereocenters. The Morgan fingerprint density at radius 1 is 1.67 bits per heavy atom. The minimum Gasteiger partial charge on any atom is -0.345 e. The van der Waals surface area contributed by atoms with Gasteiger partial charge in [-0.1, -0.05) is 0 Å². The van der Waals surface area contributed by atoms with Gasteiger partial charge < -0.3 is 4.90 Å². The first-order valence-corrected chi connectivity index (χ1v) is 4.67. The fourth-order valence-corrected chi connectivity index (χ4v) is 1.09. The molecule has 1 aromatic heterocycles. The maximum absolute atomic E-state index is 11.5. The van der Waals surface area contributed by atoms with Crippen molar-refractivity contribution < 1.29 is 4.79 Å². The molecule has 1 rings (SSSR count). The maximum Gasteiger partial charge on any atom is 0.224 e. The van der Waals surface area contributed by atoms with Crippen LogP contribution in [0, 0.1) is 11.3 Å². The molecule has 6 nitrogen and oxygen atoms in total. The van der Waals surface area contributed by atoms with Crippen molar-refractivity contribution in [2.75, 3.05) is 13.6 Å². The van der Waals surface area contributed by atoms with Gasteiger partial charge in [0.25, 0.3) is 0 Å². The van der Waals surface area contributed by atoms with Crippen LogP contribution in [0.2, 0.25) is 0 Å². The van der Waals surface area contributed by atoms with Gasteiger partial charge in [-0.2, -0.15) is 10.4 Å². The van der Waals surface area contributed by atoms with Crippen LogP contribution in [0.1, 0.15) is 12.8 Å². The first-order chi connectivity index (χ1) is 7.24. The van der Waals surface area contributed by atoms with E-state index in [0.29, 0.717) is 25.9 Å². The van der Waals surface area contributed by atoms with E-state index >= 15 is 0 Å². The lowest BCUT2D eigenvalue weighted by molar-refractivity contribution is -0.130. The molecule has 0 bridgehead atoms. The van der Waals surface area contributed by atoms with E-state index < -0.39 is 0 Å². The van der Waals surface area contributed by atoms with Crippen LogP contribution in [0.15, 0.2) is 12.7 Å². The van der Waals surface area contributed by atoms with Crippen molar-refractivity contribution >= 4 is 5.91 Å². The lowest BCUT2D eigenvalue weighted by Crippen LogP contribution is -2.28. The van der Waals surface area contributed by atoms with Gasteiger partial charge in [-0.05, 0) is 0 Å². The van der Waals surface area contributed by atoms with E-state index in [1.54, 1.807) is 23.0 Å². The summed E-state index contributed by atoms with van der Waals surface area (Å²) < 4.78 is 1.61. The van der Waals surface area contributed by atoms with E-state index in [9.17, 15) is 4.79 Å². The van der Waals surface area contributed by atoms with Gasteiger partial charge in [0, 0.05) is 20.0 Å². The highest BCUT2D eigenvalue weighted by atomic mass is 16.2. The van der Waals surface area contributed by atoms with E-state index in [2.05, 4.69) is 10.1 Å². The summed E-state index contributed by atoms with van der Waals surface area (Å²) in [6.07, 6.45) is 3.75. The summed E-state index contributed by atoms with van der Waals surface area (Å²) in [4.78, 5) is 16.8. The van der Waals surface area contributed by atoms with Crippen LogP contribution >= 0.6 is 0 Å². The van der Waals surface area contributed by atoms with Crippen LogP contribution in [-0.4, -0.2) is 39.2 Å². The molecule has 1 heterocycles. The summed E-state index contributed by atoms with van der Waals surface area (Å²) >= 11 is 0. The zero-order valence-corrected chi connectivity index (χ0v) is 8.63. The topological polar surface area (TPSA) is 74.8 Å². The number of hydrogen-bond acceptors (Lipinski definition) is 4. The third-order valence-electron chi connectivity index (χ3n) is 2.01. The first kappa shape index (κ1) is 11.2. The molecule has 0 spiro atoms. The van der Waals surface area contributed by atoms with E-state index in [1.807, 2.05) is 6.07 Å². The first-order valence-electron chi connectivity index (χ1n) is 4.67. The van der Waals surface area contributed by atoms with Crippen LogP contribution < -0.4 is 0 Å². The van der Waals surface area contributed by atoms with Gasteiger partial charge in [0.15, 0.2) is 0 Å². The van der Waals surface area contributed by atoms with Crippen molar-refractivity contribution in [2.45, 2.75) is 19.4 Å². The molecule has 0 radical (unpaired) electrons.